The van der Waals surface area contributed by atoms with Crippen molar-refractivity contribution in [3.05, 3.63) is 63.6 Å². The Morgan fingerprint density at radius 1 is 1.19 bits per heavy atom. The minimum Gasteiger partial charge on any atom is -0.364 e. The molecule has 108 valence electrons. The Balaban J connectivity index is 2.46. The van der Waals surface area contributed by atoms with Crippen molar-refractivity contribution in [3.8, 4) is 6.07 Å². The van der Waals surface area contributed by atoms with E-state index in [1.165, 1.54) is 24.3 Å². The average molecular weight is 351 g/mol. The van der Waals surface area contributed by atoms with Gasteiger partial charge in [0.2, 0.25) is 0 Å². The van der Waals surface area contributed by atoms with E-state index in [-0.39, 0.29) is 5.56 Å². The minimum atomic E-state index is -1.31. The standard InChI is InChI=1S/C16H13BrF2N2/c1-10-5-12(18)8-13(6-10)21-16(2,9-20)14-7-11(17)3-4-15(14)19/h3-8,21H,1-2H3. The van der Waals surface area contributed by atoms with Crippen molar-refractivity contribution in [1.29, 1.82) is 5.26 Å². The van der Waals surface area contributed by atoms with E-state index in [2.05, 4.69) is 27.3 Å². The third-order valence-corrected chi connectivity index (χ3v) is 3.62. The van der Waals surface area contributed by atoms with Gasteiger partial charge in [0.1, 0.15) is 11.6 Å². The summed E-state index contributed by atoms with van der Waals surface area (Å²) < 4.78 is 28.1. The molecular formula is C16H13BrF2N2. The van der Waals surface area contributed by atoms with Gasteiger partial charge in [-0.2, -0.15) is 5.26 Å². The van der Waals surface area contributed by atoms with Crippen LogP contribution in [0.1, 0.15) is 18.1 Å². The highest BCUT2D eigenvalue weighted by molar-refractivity contribution is 9.10. The number of nitrogens with one attached hydrogen (secondary N) is 1. The number of rotatable bonds is 3. The monoisotopic (exact) mass is 350 g/mol. The van der Waals surface area contributed by atoms with E-state index in [4.69, 9.17) is 0 Å². The Labute approximate surface area is 130 Å². The van der Waals surface area contributed by atoms with Gasteiger partial charge in [-0.25, -0.2) is 8.78 Å². The molecule has 0 amide bonds. The first-order chi connectivity index (χ1) is 9.84. The second-order valence-corrected chi connectivity index (χ2v) is 5.92. The first kappa shape index (κ1) is 15.5. The van der Waals surface area contributed by atoms with Crippen molar-refractivity contribution in [1.82, 2.24) is 0 Å². The maximum absolute atomic E-state index is 14.0. The summed E-state index contributed by atoms with van der Waals surface area (Å²) in [5.74, 6) is -0.907. The maximum Gasteiger partial charge on any atom is 0.151 e. The molecule has 2 rings (SSSR count). The van der Waals surface area contributed by atoms with Crippen molar-refractivity contribution >= 4 is 21.6 Å². The van der Waals surface area contributed by atoms with Crippen molar-refractivity contribution in [3.63, 3.8) is 0 Å². The molecule has 1 atom stereocenters. The van der Waals surface area contributed by atoms with Crippen molar-refractivity contribution in [2.45, 2.75) is 19.4 Å². The second kappa shape index (κ2) is 5.82. The van der Waals surface area contributed by atoms with Crippen LogP contribution < -0.4 is 5.32 Å². The largest absolute Gasteiger partial charge is 0.364 e. The van der Waals surface area contributed by atoms with Crippen LogP contribution in [0, 0.1) is 29.9 Å². The highest BCUT2D eigenvalue weighted by atomic mass is 79.9. The highest BCUT2D eigenvalue weighted by Crippen LogP contribution is 2.30. The number of aryl methyl sites for hydroxylation is 1. The molecule has 0 bridgehead atoms. The molecular weight excluding hydrogens is 338 g/mol. The van der Waals surface area contributed by atoms with Crippen LogP contribution in [0.15, 0.2) is 40.9 Å². The Morgan fingerprint density at radius 3 is 2.52 bits per heavy atom. The molecule has 0 heterocycles. The molecule has 2 aromatic rings. The minimum absolute atomic E-state index is 0.196. The van der Waals surface area contributed by atoms with Crippen molar-refractivity contribution < 1.29 is 8.78 Å². The molecule has 21 heavy (non-hydrogen) atoms. The first-order valence-electron chi connectivity index (χ1n) is 6.26. The quantitative estimate of drug-likeness (QED) is 0.855. The molecule has 2 aromatic carbocycles. The van der Waals surface area contributed by atoms with Crippen LogP contribution in [-0.2, 0) is 5.54 Å². The second-order valence-electron chi connectivity index (χ2n) is 5.00. The SMILES string of the molecule is Cc1cc(F)cc(NC(C)(C#N)c2cc(Br)ccc2F)c1. The van der Waals surface area contributed by atoms with E-state index >= 15 is 0 Å². The molecule has 1 N–H and O–H groups in total. The summed E-state index contributed by atoms with van der Waals surface area (Å²) in [6, 6.07) is 10.8. The molecule has 0 aliphatic carbocycles. The summed E-state index contributed by atoms with van der Waals surface area (Å²) in [5, 5.41) is 12.4. The zero-order valence-corrected chi connectivity index (χ0v) is 13.1. The van der Waals surface area contributed by atoms with Crippen LogP contribution in [0.3, 0.4) is 0 Å². The summed E-state index contributed by atoms with van der Waals surface area (Å²) >= 11 is 3.26. The van der Waals surface area contributed by atoms with Crippen molar-refractivity contribution in [2.24, 2.45) is 0 Å². The number of anilines is 1. The number of benzene rings is 2. The molecule has 5 heteroatoms. The van der Waals surface area contributed by atoms with E-state index in [0.29, 0.717) is 15.7 Å². The molecule has 0 spiro atoms. The highest BCUT2D eigenvalue weighted by Gasteiger charge is 2.30. The van der Waals surface area contributed by atoms with E-state index in [1.807, 2.05) is 0 Å². The first-order valence-corrected chi connectivity index (χ1v) is 7.05. The van der Waals surface area contributed by atoms with Gasteiger partial charge in [0.05, 0.1) is 6.07 Å². The van der Waals surface area contributed by atoms with Crippen LogP contribution in [-0.4, -0.2) is 0 Å². The van der Waals surface area contributed by atoms with E-state index < -0.39 is 17.2 Å². The van der Waals surface area contributed by atoms with Gasteiger partial charge in [-0.05, 0) is 55.8 Å². The summed E-state index contributed by atoms with van der Waals surface area (Å²) in [7, 11) is 0. The lowest BCUT2D eigenvalue weighted by Gasteiger charge is -2.26. The maximum atomic E-state index is 14.0. The van der Waals surface area contributed by atoms with Crippen LogP contribution in [0.5, 0.6) is 0 Å². The molecule has 0 aliphatic rings. The third-order valence-electron chi connectivity index (χ3n) is 3.13. The molecule has 0 saturated heterocycles. The normalized spacial score (nSPS) is 13.3. The lowest BCUT2D eigenvalue weighted by molar-refractivity contribution is 0.570. The van der Waals surface area contributed by atoms with Gasteiger partial charge < -0.3 is 5.32 Å². The van der Waals surface area contributed by atoms with Crippen LogP contribution in [0.4, 0.5) is 14.5 Å². The molecule has 2 nitrogen and oxygen atoms in total. The fraction of sp³-hybridized carbons (Fsp3) is 0.188. The molecule has 0 aromatic heterocycles. The van der Waals surface area contributed by atoms with Crippen LogP contribution in [0.25, 0.3) is 0 Å². The Kier molecular flexibility index (Phi) is 4.29. The number of nitriles is 1. The molecule has 0 aliphatic heterocycles. The van der Waals surface area contributed by atoms with Gasteiger partial charge in [0.15, 0.2) is 5.54 Å². The van der Waals surface area contributed by atoms with E-state index in [9.17, 15) is 14.0 Å². The van der Waals surface area contributed by atoms with Crippen LogP contribution in [0.2, 0.25) is 0 Å². The fourth-order valence-electron chi connectivity index (χ4n) is 2.13. The van der Waals surface area contributed by atoms with E-state index in [1.54, 1.807) is 26.0 Å². The lowest BCUT2D eigenvalue weighted by atomic mass is 9.92. The smallest absolute Gasteiger partial charge is 0.151 e. The summed E-state index contributed by atoms with van der Waals surface area (Å²) in [5.41, 5.74) is 0.0263. The number of hydrogen-bond donors (Lipinski definition) is 1. The molecule has 0 saturated carbocycles. The van der Waals surface area contributed by atoms with E-state index in [0.717, 1.165) is 0 Å². The zero-order chi connectivity index (χ0) is 15.6. The summed E-state index contributed by atoms with van der Waals surface area (Å²) in [6.07, 6.45) is 0. The Morgan fingerprint density at radius 2 is 1.90 bits per heavy atom. The lowest BCUT2D eigenvalue weighted by Crippen LogP contribution is -2.31. The summed E-state index contributed by atoms with van der Waals surface area (Å²) in [6.45, 7) is 3.30. The predicted molar refractivity (Wildman–Crippen MR) is 81.8 cm³/mol. The Hall–Kier alpha value is -1.93. The molecule has 0 fully saturated rings. The van der Waals surface area contributed by atoms with Crippen LogP contribution >= 0.6 is 15.9 Å². The van der Waals surface area contributed by atoms with Gasteiger partial charge in [-0.15, -0.1) is 0 Å². The van der Waals surface area contributed by atoms with Gasteiger partial charge in [-0.3, -0.25) is 0 Å². The average Bonchev–Trinajstić information content (AvgIpc) is 2.40. The van der Waals surface area contributed by atoms with Gasteiger partial charge in [-0.1, -0.05) is 15.9 Å². The van der Waals surface area contributed by atoms with Gasteiger partial charge in [0, 0.05) is 15.7 Å². The molecule has 0 radical (unpaired) electrons. The zero-order valence-electron chi connectivity index (χ0n) is 11.5. The number of hydrogen-bond acceptors (Lipinski definition) is 2. The number of nitrogens with zero attached hydrogens (tertiary/aromatic N) is 1. The van der Waals surface area contributed by atoms with Gasteiger partial charge >= 0.3 is 0 Å². The van der Waals surface area contributed by atoms with Crippen molar-refractivity contribution in [2.75, 3.05) is 5.32 Å². The number of halogens is 3. The Bertz CT molecular complexity index is 704. The third kappa shape index (κ3) is 3.40. The fourth-order valence-corrected chi connectivity index (χ4v) is 2.49. The van der Waals surface area contributed by atoms with Gasteiger partial charge in [0.25, 0.3) is 0 Å². The molecule has 1 unspecified atom stereocenters. The summed E-state index contributed by atoms with van der Waals surface area (Å²) in [4.78, 5) is 0. The topological polar surface area (TPSA) is 35.8 Å². The predicted octanol–water partition coefficient (Wildman–Crippen LogP) is 4.89.